The van der Waals surface area contributed by atoms with E-state index < -0.39 is 5.91 Å². The minimum absolute atomic E-state index is 0.108. The summed E-state index contributed by atoms with van der Waals surface area (Å²) in [4.78, 5) is 22.6. The Labute approximate surface area is 110 Å². The van der Waals surface area contributed by atoms with Crippen molar-refractivity contribution in [2.45, 2.75) is 0 Å². The molecule has 1 amide bonds. The Morgan fingerprint density at radius 2 is 2.11 bits per heavy atom. The van der Waals surface area contributed by atoms with Crippen molar-refractivity contribution >= 4 is 33.2 Å². The van der Waals surface area contributed by atoms with Crippen molar-refractivity contribution in [2.24, 2.45) is 0 Å². The fourth-order valence-corrected chi connectivity index (χ4v) is 1.68. The molecule has 4 N–H and O–H groups in total. The molecule has 0 fully saturated rings. The van der Waals surface area contributed by atoms with Crippen molar-refractivity contribution < 1.29 is 4.79 Å². The molecule has 0 aliphatic heterocycles. The predicted octanol–water partition coefficient (Wildman–Crippen LogP) is 1.37. The number of nitrogen functional groups attached to an aromatic ring is 1. The van der Waals surface area contributed by atoms with E-state index in [9.17, 15) is 9.59 Å². The molecular weight excluding hydrogens is 300 g/mol. The number of hydrogen-bond acceptors (Lipinski definition) is 4. The van der Waals surface area contributed by atoms with E-state index >= 15 is 0 Å². The molecule has 0 radical (unpaired) electrons. The molecule has 2 aromatic rings. The summed E-state index contributed by atoms with van der Waals surface area (Å²) in [5, 5.41) is 8.41. The van der Waals surface area contributed by atoms with Gasteiger partial charge in [0.1, 0.15) is 5.69 Å². The molecule has 1 heterocycles. The van der Waals surface area contributed by atoms with E-state index in [-0.39, 0.29) is 11.3 Å². The van der Waals surface area contributed by atoms with Crippen LogP contribution in [0, 0.1) is 0 Å². The number of benzene rings is 1. The molecule has 2 rings (SSSR count). The summed E-state index contributed by atoms with van der Waals surface area (Å²) in [6, 6.07) is 7.67. The fourth-order valence-electron chi connectivity index (χ4n) is 1.30. The second-order valence-electron chi connectivity index (χ2n) is 3.49. The Hall–Kier alpha value is -2.15. The van der Waals surface area contributed by atoms with Gasteiger partial charge < -0.3 is 11.1 Å². The van der Waals surface area contributed by atoms with Gasteiger partial charge in [-0.25, -0.2) is 5.10 Å². The lowest BCUT2D eigenvalue weighted by Gasteiger charge is -2.07. The zero-order valence-electron chi connectivity index (χ0n) is 9.11. The second kappa shape index (κ2) is 5.01. The minimum atomic E-state index is -0.444. The van der Waals surface area contributed by atoms with Crippen molar-refractivity contribution in [3.63, 3.8) is 0 Å². The van der Waals surface area contributed by atoms with Crippen LogP contribution in [-0.2, 0) is 0 Å². The lowest BCUT2D eigenvalue weighted by molar-refractivity contribution is 0.102. The Morgan fingerprint density at radius 3 is 2.72 bits per heavy atom. The molecule has 0 saturated heterocycles. The maximum atomic E-state index is 11.8. The van der Waals surface area contributed by atoms with E-state index in [1.807, 2.05) is 0 Å². The summed E-state index contributed by atoms with van der Waals surface area (Å²) >= 11 is 3.27. The van der Waals surface area contributed by atoms with E-state index in [2.05, 4.69) is 31.4 Å². The average molecular weight is 309 g/mol. The molecule has 92 valence electrons. The molecule has 0 bridgehead atoms. The summed E-state index contributed by atoms with van der Waals surface area (Å²) in [7, 11) is 0. The first kappa shape index (κ1) is 12.3. The predicted molar refractivity (Wildman–Crippen MR) is 71.4 cm³/mol. The molecule has 6 nitrogen and oxygen atoms in total. The number of carbonyl (C=O) groups is 1. The van der Waals surface area contributed by atoms with E-state index in [1.54, 1.807) is 18.2 Å². The van der Waals surface area contributed by atoms with Gasteiger partial charge in [0.2, 0.25) is 0 Å². The van der Waals surface area contributed by atoms with Gasteiger partial charge in [-0.15, -0.1) is 0 Å². The maximum Gasteiger partial charge on any atom is 0.276 e. The number of nitrogens with zero attached hydrogens (tertiary/aromatic N) is 1. The van der Waals surface area contributed by atoms with Gasteiger partial charge >= 0.3 is 0 Å². The molecule has 0 atom stereocenters. The Kier molecular flexibility index (Phi) is 3.42. The molecule has 0 unspecified atom stereocenters. The van der Waals surface area contributed by atoms with E-state index in [0.717, 1.165) is 4.47 Å². The van der Waals surface area contributed by atoms with Crippen LogP contribution in [0.2, 0.25) is 0 Å². The molecular formula is C11H9BrN4O2. The van der Waals surface area contributed by atoms with Crippen LogP contribution in [0.1, 0.15) is 10.5 Å². The zero-order chi connectivity index (χ0) is 13.1. The second-order valence-corrected chi connectivity index (χ2v) is 4.41. The van der Waals surface area contributed by atoms with Crippen LogP contribution in [0.25, 0.3) is 0 Å². The SMILES string of the molecule is Nc1cc(Br)ccc1NC(=O)c1ccc(=O)[nH]n1. The molecule has 0 aliphatic carbocycles. The highest BCUT2D eigenvalue weighted by molar-refractivity contribution is 9.10. The Balaban J connectivity index is 2.21. The van der Waals surface area contributed by atoms with Gasteiger partial charge in [-0.1, -0.05) is 15.9 Å². The third-order valence-corrected chi connectivity index (χ3v) is 2.67. The first-order valence-corrected chi connectivity index (χ1v) is 5.77. The van der Waals surface area contributed by atoms with Gasteiger partial charge in [0.25, 0.3) is 11.5 Å². The van der Waals surface area contributed by atoms with E-state index in [0.29, 0.717) is 11.4 Å². The monoisotopic (exact) mass is 308 g/mol. The summed E-state index contributed by atoms with van der Waals surface area (Å²) in [6.07, 6.45) is 0. The van der Waals surface area contributed by atoms with Gasteiger partial charge in [0, 0.05) is 10.5 Å². The number of nitrogens with two attached hydrogens (primary N) is 1. The smallest absolute Gasteiger partial charge is 0.276 e. The number of hydrogen-bond donors (Lipinski definition) is 3. The summed E-state index contributed by atoms with van der Waals surface area (Å²) < 4.78 is 0.820. The highest BCUT2D eigenvalue weighted by atomic mass is 79.9. The summed E-state index contributed by atoms with van der Waals surface area (Å²) in [5.74, 6) is -0.444. The van der Waals surface area contributed by atoms with Gasteiger partial charge in [-0.05, 0) is 24.3 Å². The summed E-state index contributed by atoms with van der Waals surface area (Å²) in [5.41, 5.74) is 6.41. The van der Waals surface area contributed by atoms with Crippen LogP contribution in [0.15, 0.2) is 39.6 Å². The van der Waals surface area contributed by atoms with Crippen LogP contribution in [0.3, 0.4) is 0 Å². The number of anilines is 2. The number of aromatic amines is 1. The number of rotatable bonds is 2. The third kappa shape index (κ3) is 2.75. The highest BCUT2D eigenvalue weighted by Crippen LogP contribution is 2.23. The average Bonchev–Trinajstić information content (AvgIpc) is 2.33. The van der Waals surface area contributed by atoms with Crippen molar-refractivity contribution in [2.75, 3.05) is 11.1 Å². The lowest BCUT2D eigenvalue weighted by atomic mass is 10.2. The largest absolute Gasteiger partial charge is 0.397 e. The van der Waals surface area contributed by atoms with Crippen molar-refractivity contribution in [3.8, 4) is 0 Å². The molecule has 18 heavy (non-hydrogen) atoms. The number of aromatic nitrogens is 2. The minimum Gasteiger partial charge on any atom is -0.397 e. The third-order valence-electron chi connectivity index (χ3n) is 2.17. The summed E-state index contributed by atoms with van der Waals surface area (Å²) in [6.45, 7) is 0. The number of halogens is 1. The van der Waals surface area contributed by atoms with Crippen LogP contribution in [0.5, 0.6) is 0 Å². The van der Waals surface area contributed by atoms with E-state index in [4.69, 9.17) is 5.73 Å². The van der Waals surface area contributed by atoms with Crippen molar-refractivity contribution in [1.29, 1.82) is 0 Å². The van der Waals surface area contributed by atoms with Gasteiger partial charge in [-0.2, -0.15) is 5.10 Å². The molecule has 1 aromatic carbocycles. The van der Waals surface area contributed by atoms with E-state index in [1.165, 1.54) is 12.1 Å². The Bertz CT molecular complexity index is 633. The standard InChI is InChI=1S/C11H9BrN4O2/c12-6-1-2-8(7(13)5-6)14-11(18)9-3-4-10(17)16-15-9/h1-5H,13H2,(H,14,18)(H,16,17). The van der Waals surface area contributed by atoms with Crippen molar-refractivity contribution in [1.82, 2.24) is 10.2 Å². The number of H-pyrrole nitrogens is 1. The first-order valence-electron chi connectivity index (χ1n) is 4.98. The molecule has 0 aliphatic rings. The van der Waals surface area contributed by atoms with Gasteiger partial charge in [-0.3, -0.25) is 9.59 Å². The number of carbonyl (C=O) groups excluding carboxylic acids is 1. The molecule has 0 spiro atoms. The van der Waals surface area contributed by atoms with Gasteiger partial charge in [0.15, 0.2) is 0 Å². The number of amides is 1. The Morgan fingerprint density at radius 1 is 1.33 bits per heavy atom. The quantitative estimate of drug-likeness (QED) is 0.729. The van der Waals surface area contributed by atoms with Crippen LogP contribution in [0.4, 0.5) is 11.4 Å². The number of nitrogens with one attached hydrogen (secondary N) is 2. The highest BCUT2D eigenvalue weighted by Gasteiger charge is 2.09. The van der Waals surface area contributed by atoms with Gasteiger partial charge in [0.05, 0.1) is 11.4 Å². The lowest BCUT2D eigenvalue weighted by Crippen LogP contribution is -2.18. The first-order chi connectivity index (χ1) is 8.56. The molecule has 7 heteroatoms. The molecule has 0 saturated carbocycles. The fraction of sp³-hybridized carbons (Fsp3) is 0. The van der Waals surface area contributed by atoms with Crippen LogP contribution < -0.4 is 16.6 Å². The van der Waals surface area contributed by atoms with Crippen LogP contribution >= 0.6 is 15.9 Å². The maximum absolute atomic E-state index is 11.8. The van der Waals surface area contributed by atoms with Crippen molar-refractivity contribution in [3.05, 3.63) is 50.9 Å². The molecule has 1 aromatic heterocycles. The normalized spacial score (nSPS) is 10.1. The van der Waals surface area contributed by atoms with Crippen LogP contribution in [-0.4, -0.2) is 16.1 Å². The topological polar surface area (TPSA) is 101 Å². The zero-order valence-corrected chi connectivity index (χ0v) is 10.7.